The molecule has 168 valence electrons. The van der Waals surface area contributed by atoms with Gasteiger partial charge in [-0.3, -0.25) is 4.52 Å². The molecule has 3 N–H and O–H groups in total. The molecular formula is C20H36O7P2. The minimum atomic E-state index is -5.16. The largest absolute Gasteiger partial charge is 0.481 e. The van der Waals surface area contributed by atoms with Gasteiger partial charge in [0, 0.05) is 0 Å². The van der Waals surface area contributed by atoms with Crippen LogP contribution in [0.5, 0.6) is 0 Å². The highest BCUT2D eigenvalue weighted by atomic mass is 31.3. The van der Waals surface area contributed by atoms with Crippen LogP contribution in [0.15, 0.2) is 46.6 Å². The van der Waals surface area contributed by atoms with Crippen molar-refractivity contribution in [1.82, 2.24) is 0 Å². The van der Waals surface area contributed by atoms with E-state index in [9.17, 15) is 14.0 Å². The predicted molar refractivity (Wildman–Crippen MR) is 117 cm³/mol. The molecule has 0 radical (unpaired) electrons. The first kappa shape index (κ1) is 28.2. The lowest BCUT2D eigenvalue weighted by Gasteiger charge is -2.18. The van der Waals surface area contributed by atoms with E-state index in [0.717, 1.165) is 36.8 Å². The van der Waals surface area contributed by atoms with Crippen molar-refractivity contribution in [1.29, 1.82) is 0 Å². The quantitative estimate of drug-likeness (QED) is 0.221. The van der Waals surface area contributed by atoms with E-state index in [-0.39, 0.29) is 6.42 Å². The lowest BCUT2D eigenvalue weighted by Crippen LogP contribution is -2.09. The second-order valence-electron chi connectivity index (χ2n) is 7.62. The van der Waals surface area contributed by atoms with Crippen LogP contribution in [0.4, 0.5) is 0 Å². The minimum Gasteiger partial charge on any atom is -0.302 e. The Labute approximate surface area is 175 Å². The summed E-state index contributed by atoms with van der Waals surface area (Å²) in [5.41, 5.74) is 4.48. The van der Waals surface area contributed by atoms with Crippen molar-refractivity contribution in [2.24, 2.45) is 0 Å². The number of phosphoric acid groups is 2. The molecule has 0 aromatic heterocycles. The molecule has 0 aromatic carbocycles. The van der Waals surface area contributed by atoms with Gasteiger partial charge in [-0.25, -0.2) is 9.13 Å². The lowest BCUT2D eigenvalue weighted by atomic mass is 10.0. The summed E-state index contributed by atoms with van der Waals surface area (Å²) in [6, 6.07) is 0. The third-order valence-corrected chi connectivity index (χ3v) is 6.04. The van der Waals surface area contributed by atoms with Gasteiger partial charge in [0.25, 0.3) is 0 Å². The summed E-state index contributed by atoms with van der Waals surface area (Å²) in [5.74, 6) is 0. The van der Waals surface area contributed by atoms with E-state index >= 15 is 0 Å². The molecule has 0 fully saturated rings. The number of hydrogen-bond donors (Lipinski definition) is 3. The summed E-state index contributed by atoms with van der Waals surface area (Å²) in [7, 11) is -10.1. The maximum absolute atomic E-state index is 12.0. The first-order chi connectivity index (χ1) is 13.2. The average molecular weight is 450 g/mol. The Bertz CT molecular complexity index is 721. The molecule has 2 unspecified atom stereocenters. The Morgan fingerprint density at radius 2 is 1.31 bits per heavy atom. The highest BCUT2D eigenvalue weighted by Gasteiger charge is 2.34. The molecule has 9 heteroatoms. The van der Waals surface area contributed by atoms with Crippen LogP contribution in [0.2, 0.25) is 0 Å². The topological polar surface area (TPSA) is 113 Å². The number of rotatable bonds is 13. The van der Waals surface area contributed by atoms with E-state index in [2.05, 4.69) is 16.5 Å². The van der Waals surface area contributed by atoms with Gasteiger partial charge in [-0.1, -0.05) is 46.6 Å². The second-order valence-corrected chi connectivity index (χ2v) is 10.4. The number of phosphoric ester groups is 1. The average Bonchev–Trinajstić information content (AvgIpc) is 2.49. The van der Waals surface area contributed by atoms with Gasteiger partial charge in [0.2, 0.25) is 0 Å². The summed E-state index contributed by atoms with van der Waals surface area (Å²) in [6.45, 7) is 11.9. The highest BCUT2D eigenvalue weighted by Crippen LogP contribution is 2.58. The van der Waals surface area contributed by atoms with Crippen molar-refractivity contribution in [2.75, 3.05) is 0 Å². The van der Waals surface area contributed by atoms with Crippen LogP contribution < -0.4 is 0 Å². The maximum Gasteiger partial charge on any atom is 0.481 e. The van der Waals surface area contributed by atoms with Crippen LogP contribution in [0.3, 0.4) is 0 Å². The molecule has 0 heterocycles. The van der Waals surface area contributed by atoms with E-state index in [1.54, 1.807) is 6.08 Å². The maximum atomic E-state index is 12.0. The Kier molecular flexibility index (Phi) is 13.1. The fourth-order valence-electron chi connectivity index (χ4n) is 2.46. The molecule has 0 rings (SSSR count). The highest BCUT2D eigenvalue weighted by molar-refractivity contribution is 7.60. The molecule has 0 amide bonds. The fraction of sp³-hybridized carbons (Fsp3) is 0.600. The first-order valence-corrected chi connectivity index (χ1v) is 12.6. The third-order valence-electron chi connectivity index (χ3n) is 3.83. The Hall–Kier alpha value is -0.780. The Balaban J connectivity index is 5.27. The molecule has 0 saturated heterocycles. The molecule has 0 spiro atoms. The normalized spacial score (nSPS) is 16.2. The van der Waals surface area contributed by atoms with Crippen LogP contribution in [0.1, 0.15) is 73.6 Å². The van der Waals surface area contributed by atoms with Gasteiger partial charge in [-0.15, -0.1) is 0 Å². The molecule has 0 aromatic rings. The number of hydrogen-bond acceptors (Lipinski definition) is 4. The van der Waals surface area contributed by atoms with E-state index in [0.29, 0.717) is 0 Å². The molecule has 0 aliphatic rings. The molecule has 0 aliphatic heterocycles. The molecular weight excluding hydrogens is 414 g/mol. The van der Waals surface area contributed by atoms with Crippen LogP contribution in [0.25, 0.3) is 0 Å². The van der Waals surface area contributed by atoms with Crippen molar-refractivity contribution in [3.8, 4) is 0 Å². The molecule has 2 atom stereocenters. The lowest BCUT2D eigenvalue weighted by molar-refractivity contribution is 0.151. The molecule has 29 heavy (non-hydrogen) atoms. The van der Waals surface area contributed by atoms with Crippen molar-refractivity contribution in [2.45, 2.75) is 79.8 Å². The van der Waals surface area contributed by atoms with Crippen molar-refractivity contribution >= 4 is 15.6 Å². The van der Waals surface area contributed by atoms with Gasteiger partial charge in [0.05, 0.1) is 6.10 Å². The zero-order valence-electron chi connectivity index (χ0n) is 18.3. The first-order valence-electron chi connectivity index (χ1n) is 9.58. The summed E-state index contributed by atoms with van der Waals surface area (Å²) < 4.78 is 31.9. The monoisotopic (exact) mass is 450 g/mol. The third kappa shape index (κ3) is 17.8. The molecule has 7 nitrogen and oxygen atoms in total. The zero-order valence-corrected chi connectivity index (χ0v) is 20.1. The number of allylic oxidation sites excluding steroid dienone is 6. The fourth-order valence-corrected chi connectivity index (χ4v) is 4.18. The van der Waals surface area contributed by atoms with Crippen LogP contribution in [0, 0.1) is 0 Å². The van der Waals surface area contributed by atoms with Gasteiger partial charge in [-0.2, -0.15) is 4.31 Å². The molecule has 0 aliphatic carbocycles. The van der Waals surface area contributed by atoms with Crippen LogP contribution >= 0.6 is 15.6 Å². The summed E-state index contributed by atoms with van der Waals surface area (Å²) >= 11 is 0. The van der Waals surface area contributed by atoms with E-state index in [4.69, 9.17) is 14.3 Å². The van der Waals surface area contributed by atoms with E-state index in [1.165, 1.54) is 11.1 Å². The van der Waals surface area contributed by atoms with Crippen molar-refractivity contribution < 1.29 is 32.6 Å². The predicted octanol–water partition coefficient (Wildman–Crippen LogP) is 6.36. The van der Waals surface area contributed by atoms with Crippen LogP contribution in [-0.4, -0.2) is 20.8 Å². The van der Waals surface area contributed by atoms with E-state index in [1.807, 2.05) is 47.6 Å². The smallest absolute Gasteiger partial charge is 0.302 e. The summed E-state index contributed by atoms with van der Waals surface area (Å²) in [6.07, 6.45) is 10.6. The standard InChI is InChI=1S/C20H36O7P2/c1-16(2)9-7-11-18(5)13-14-20(15-19(6)12-8-10-17(3)4)26-29(24,25)27-28(21,22)23/h9-10,13,15,20H,7-8,11-12,14H2,1-6H3,(H,24,25)(H2,21,22,23)/b18-13-,19-15-. The second kappa shape index (κ2) is 13.5. The van der Waals surface area contributed by atoms with Crippen molar-refractivity contribution in [3.05, 3.63) is 46.6 Å². The van der Waals surface area contributed by atoms with Crippen LogP contribution in [-0.2, 0) is 18.0 Å². The summed E-state index contributed by atoms with van der Waals surface area (Å²) in [5, 5.41) is 0. The zero-order chi connectivity index (χ0) is 22.7. The van der Waals surface area contributed by atoms with Gasteiger partial charge in [0.15, 0.2) is 0 Å². The molecule has 0 bridgehead atoms. The van der Waals surface area contributed by atoms with Gasteiger partial charge < -0.3 is 14.7 Å². The van der Waals surface area contributed by atoms with Crippen molar-refractivity contribution in [3.63, 3.8) is 0 Å². The SMILES string of the molecule is CC(C)=CCC/C(C)=C\CC(/C=C(/C)CCC=C(C)C)OP(=O)(O)OP(=O)(O)O. The minimum absolute atomic E-state index is 0.287. The van der Waals surface area contributed by atoms with Gasteiger partial charge in [0.1, 0.15) is 0 Å². The van der Waals surface area contributed by atoms with Gasteiger partial charge >= 0.3 is 15.6 Å². The summed E-state index contributed by atoms with van der Waals surface area (Å²) in [4.78, 5) is 27.3. The molecule has 0 saturated carbocycles. The Morgan fingerprint density at radius 3 is 1.76 bits per heavy atom. The van der Waals surface area contributed by atoms with E-state index < -0.39 is 21.7 Å². The Morgan fingerprint density at radius 1 is 0.828 bits per heavy atom. The van der Waals surface area contributed by atoms with Gasteiger partial charge in [-0.05, 0) is 73.6 Å².